The zero-order valence-corrected chi connectivity index (χ0v) is 17.2. The smallest absolute Gasteiger partial charge is 0.228 e. The van der Waals surface area contributed by atoms with Crippen molar-refractivity contribution in [3.63, 3.8) is 0 Å². The maximum atomic E-state index is 13.5. The first-order chi connectivity index (χ1) is 13.6. The Morgan fingerprint density at radius 2 is 1.68 bits per heavy atom. The lowest BCUT2D eigenvalue weighted by Gasteiger charge is -2.57. The maximum absolute atomic E-state index is 13.5. The highest BCUT2D eigenvalue weighted by atomic mass is 16.5. The van der Waals surface area contributed by atoms with Crippen LogP contribution >= 0.6 is 0 Å². The summed E-state index contributed by atoms with van der Waals surface area (Å²) in [4.78, 5) is 18.2. The Kier molecular flexibility index (Phi) is 4.86. The molecule has 4 nitrogen and oxygen atoms in total. The van der Waals surface area contributed by atoms with E-state index >= 15 is 0 Å². The second-order valence-corrected chi connectivity index (χ2v) is 9.93. The average Bonchev–Trinajstić information content (AvgIpc) is 2.71. The first-order valence-electron chi connectivity index (χ1n) is 11.3. The Morgan fingerprint density at radius 3 is 2.29 bits per heavy atom. The molecule has 1 heterocycles. The molecular formula is C24H34N2O2. The van der Waals surface area contributed by atoms with Crippen molar-refractivity contribution < 1.29 is 9.53 Å². The second kappa shape index (κ2) is 7.37. The lowest BCUT2D eigenvalue weighted by molar-refractivity contribution is -0.159. The SMILES string of the molecule is COc1cccc(CCN2CCN(C(=O)C34CC5CC(CC(C5)C3)C4)CC2)c1. The Bertz CT molecular complexity index is 688. The lowest BCUT2D eigenvalue weighted by atomic mass is 9.49. The van der Waals surface area contributed by atoms with Gasteiger partial charge in [0.05, 0.1) is 12.5 Å². The quantitative estimate of drug-likeness (QED) is 0.780. The van der Waals surface area contributed by atoms with Gasteiger partial charge in [0.1, 0.15) is 5.75 Å². The molecule has 6 rings (SSSR count). The van der Waals surface area contributed by atoms with Gasteiger partial charge in [0, 0.05) is 32.7 Å². The van der Waals surface area contributed by atoms with Gasteiger partial charge in [-0.3, -0.25) is 9.69 Å². The summed E-state index contributed by atoms with van der Waals surface area (Å²) in [6.45, 7) is 4.92. The fraction of sp³-hybridized carbons (Fsp3) is 0.708. The number of benzene rings is 1. The van der Waals surface area contributed by atoms with E-state index in [9.17, 15) is 4.79 Å². The number of rotatable bonds is 5. The number of hydrogen-bond donors (Lipinski definition) is 0. The summed E-state index contributed by atoms with van der Waals surface area (Å²) < 4.78 is 5.33. The van der Waals surface area contributed by atoms with Crippen molar-refractivity contribution in [3.8, 4) is 5.75 Å². The van der Waals surface area contributed by atoms with Gasteiger partial charge in [0.25, 0.3) is 0 Å². The molecule has 152 valence electrons. The van der Waals surface area contributed by atoms with Crippen LogP contribution in [0.5, 0.6) is 5.75 Å². The highest BCUT2D eigenvalue weighted by molar-refractivity contribution is 5.83. The van der Waals surface area contributed by atoms with Crippen molar-refractivity contribution >= 4 is 5.91 Å². The minimum atomic E-state index is 0.0253. The Hall–Kier alpha value is -1.55. The highest BCUT2D eigenvalue weighted by Crippen LogP contribution is 2.60. The first kappa shape index (κ1) is 18.5. The van der Waals surface area contributed by atoms with Crippen molar-refractivity contribution in [2.24, 2.45) is 23.2 Å². The molecule has 4 saturated carbocycles. The van der Waals surface area contributed by atoms with Crippen LogP contribution in [0.4, 0.5) is 0 Å². The molecule has 0 atom stereocenters. The summed E-state index contributed by atoms with van der Waals surface area (Å²) in [5, 5.41) is 0. The molecule has 1 aliphatic heterocycles. The number of piperazine rings is 1. The normalized spacial score (nSPS) is 34.6. The van der Waals surface area contributed by atoms with E-state index in [2.05, 4.69) is 28.0 Å². The molecular weight excluding hydrogens is 348 g/mol. The molecule has 0 unspecified atom stereocenters. The third-order valence-corrected chi connectivity index (χ3v) is 8.00. The van der Waals surface area contributed by atoms with Crippen molar-refractivity contribution in [2.45, 2.75) is 44.9 Å². The average molecular weight is 383 g/mol. The number of amides is 1. The lowest BCUT2D eigenvalue weighted by Crippen LogP contribution is -2.58. The molecule has 0 spiro atoms. The summed E-state index contributed by atoms with van der Waals surface area (Å²) in [7, 11) is 1.72. The third kappa shape index (κ3) is 3.45. The topological polar surface area (TPSA) is 32.8 Å². The number of hydrogen-bond acceptors (Lipinski definition) is 3. The maximum Gasteiger partial charge on any atom is 0.228 e. The minimum Gasteiger partial charge on any atom is -0.497 e. The highest BCUT2D eigenvalue weighted by Gasteiger charge is 2.55. The molecule has 0 radical (unpaired) electrons. The van der Waals surface area contributed by atoms with E-state index in [1.165, 1.54) is 44.1 Å². The molecule has 5 fully saturated rings. The van der Waals surface area contributed by atoms with Crippen molar-refractivity contribution in [1.29, 1.82) is 0 Å². The van der Waals surface area contributed by atoms with Gasteiger partial charge in [-0.1, -0.05) is 12.1 Å². The first-order valence-corrected chi connectivity index (χ1v) is 11.3. The van der Waals surface area contributed by atoms with Gasteiger partial charge in [0.15, 0.2) is 0 Å². The van der Waals surface area contributed by atoms with Crippen LogP contribution in [0.3, 0.4) is 0 Å². The van der Waals surface area contributed by atoms with Crippen LogP contribution in [-0.4, -0.2) is 55.5 Å². The van der Waals surface area contributed by atoms with Crippen LogP contribution < -0.4 is 4.74 Å². The molecule has 5 aliphatic rings. The largest absolute Gasteiger partial charge is 0.497 e. The molecule has 4 aliphatic carbocycles. The van der Waals surface area contributed by atoms with E-state index < -0.39 is 0 Å². The number of carbonyl (C=O) groups excluding carboxylic acids is 1. The monoisotopic (exact) mass is 382 g/mol. The van der Waals surface area contributed by atoms with E-state index in [-0.39, 0.29) is 5.41 Å². The number of nitrogens with zero attached hydrogens (tertiary/aromatic N) is 2. The standard InChI is InChI=1S/C24H34N2O2/c1-28-22-4-2-3-18(14-22)5-6-25-7-9-26(10-8-25)23(27)24-15-19-11-20(16-24)13-21(12-19)17-24/h2-4,14,19-21H,5-13,15-17H2,1H3. The Morgan fingerprint density at radius 1 is 1.04 bits per heavy atom. The van der Waals surface area contributed by atoms with Gasteiger partial charge >= 0.3 is 0 Å². The predicted octanol–water partition coefficient (Wildman–Crippen LogP) is 3.60. The van der Waals surface area contributed by atoms with Crippen LogP contribution in [0.25, 0.3) is 0 Å². The van der Waals surface area contributed by atoms with Gasteiger partial charge in [-0.15, -0.1) is 0 Å². The van der Waals surface area contributed by atoms with E-state index in [1.54, 1.807) is 7.11 Å². The summed E-state index contributed by atoms with van der Waals surface area (Å²) in [5.41, 5.74) is 1.35. The van der Waals surface area contributed by atoms with Crippen LogP contribution in [0.2, 0.25) is 0 Å². The third-order valence-electron chi connectivity index (χ3n) is 8.00. The van der Waals surface area contributed by atoms with Crippen LogP contribution in [0.1, 0.15) is 44.1 Å². The van der Waals surface area contributed by atoms with E-state index in [0.717, 1.165) is 62.6 Å². The van der Waals surface area contributed by atoms with Gasteiger partial charge in [-0.2, -0.15) is 0 Å². The van der Waals surface area contributed by atoms with Crippen molar-refractivity contribution in [3.05, 3.63) is 29.8 Å². The zero-order valence-electron chi connectivity index (χ0n) is 17.2. The van der Waals surface area contributed by atoms with Gasteiger partial charge in [0.2, 0.25) is 5.91 Å². The summed E-state index contributed by atoms with van der Waals surface area (Å²) in [6.07, 6.45) is 8.83. The molecule has 1 aromatic carbocycles. The van der Waals surface area contributed by atoms with Crippen molar-refractivity contribution in [1.82, 2.24) is 9.80 Å². The van der Waals surface area contributed by atoms with Crippen LogP contribution in [0, 0.1) is 23.2 Å². The fourth-order valence-electron chi connectivity index (χ4n) is 7.00. The van der Waals surface area contributed by atoms with Gasteiger partial charge < -0.3 is 9.64 Å². The Labute approximate surface area is 169 Å². The molecule has 0 aromatic heterocycles. The molecule has 1 aromatic rings. The summed E-state index contributed by atoms with van der Waals surface area (Å²) >= 11 is 0. The zero-order chi connectivity index (χ0) is 19.1. The predicted molar refractivity (Wildman–Crippen MR) is 110 cm³/mol. The molecule has 1 amide bonds. The molecule has 28 heavy (non-hydrogen) atoms. The molecule has 0 N–H and O–H groups in total. The number of ether oxygens (including phenoxy) is 1. The van der Waals surface area contributed by atoms with Gasteiger partial charge in [-0.25, -0.2) is 0 Å². The minimum absolute atomic E-state index is 0.0253. The van der Waals surface area contributed by atoms with E-state index in [1.807, 2.05) is 6.07 Å². The van der Waals surface area contributed by atoms with E-state index in [0.29, 0.717) is 5.91 Å². The second-order valence-electron chi connectivity index (χ2n) is 9.93. The number of carbonyl (C=O) groups is 1. The Balaban J connectivity index is 1.14. The van der Waals surface area contributed by atoms with Crippen LogP contribution in [0.15, 0.2) is 24.3 Å². The van der Waals surface area contributed by atoms with E-state index in [4.69, 9.17) is 4.74 Å². The summed E-state index contributed by atoms with van der Waals surface area (Å²) in [5.74, 6) is 3.99. The summed E-state index contributed by atoms with van der Waals surface area (Å²) in [6, 6.07) is 8.37. The fourth-order valence-corrected chi connectivity index (χ4v) is 7.00. The van der Waals surface area contributed by atoms with Crippen LogP contribution in [-0.2, 0) is 11.2 Å². The van der Waals surface area contributed by atoms with Gasteiger partial charge in [-0.05, 0) is 80.4 Å². The van der Waals surface area contributed by atoms with Crippen molar-refractivity contribution in [2.75, 3.05) is 39.8 Å². The molecule has 4 heteroatoms. The number of methoxy groups -OCH3 is 1. The molecule has 1 saturated heterocycles. The molecule has 4 bridgehead atoms.